The molecule has 0 spiro atoms. The zero-order chi connectivity index (χ0) is 11.9. The third kappa shape index (κ3) is 3.26. The number of aromatic nitrogens is 2. The summed E-state index contributed by atoms with van der Waals surface area (Å²) in [5, 5.41) is 3.23. The van der Waals surface area contributed by atoms with Gasteiger partial charge < -0.3 is 10.1 Å². The molecule has 1 aromatic carbocycles. The van der Waals surface area contributed by atoms with Crippen molar-refractivity contribution in [1.29, 1.82) is 0 Å². The summed E-state index contributed by atoms with van der Waals surface area (Å²) < 4.78 is 5.16. The number of anilines is 1. The van der Waals surface area contributed by atoms with Crippen molar-refractivity contribution < 1.29 is 4.74 Å². The lowest BCUT2D eigenvalue weighted by atomic mass is 10.1. The highest BCUT2D eigenvalue weighted by Gasteiger charge is 2.01. The second-order valence-corrected chi connectivity index (χ2v) is 3.65. The van der Waals surface area contributed by atoms with Gasteiger partial charge in [-0.05, 0) is 11.1 Å². The topological polar surface area (TPSA) is 47.0 Å². The maximum atomic E-state index is 5.16. The van der Waals surface area contributed by atoms with E-state index in [-0.39, 0.29) is 0 Å². The number of nitrogens with zero attached hydrogens (tertiary/aromatic N) is 2. The predicted octanol–water partition coefficient (Wildman–Crippen LogP) is 2.24. The summed E-state index contributed by atoms with van der Waals surface area (Å²) in [6, 6.07) is 8.18. The summed E-state index contributed by atoms with van der Waals surface area (Å²) in [6.45, 7) is 1.34. The lowest BCUT2D eigenvalue weighted by Gasteiger charge is -2.09. The highest BCUT2D eigenvalue weighted by molar-refractivity contribution is 5.34. The van der Waals surface area contributed by atoms with Gasteiger partial charge in [-0.2, -0.15) is 0 Å². The molecule has 17 heavy (non-hydrogen) atoms. The Kier molecular flexibility index (Phi) is 4.05. The van der Waals surface area contributed by atoms with E-state index in [9.17, 15) is 0 Å². The number of methoxy groups -OCH3 is 1. The number of hydrogen-bond acceptors (Lipinski definition) is 4. The van der Waals surface area contributed by atoms with Gasteiger partial charge in [0.2, 0.25) is 0 Å². The fraction of sp³-hybridized carbons (Fsp3) is 0.231. The maximum absolute atomic E-state index is 5.16. The van der Waals surface area contributed by atoms with Crippen molar-refractivity contribution in [2.75, 3.05) is 12.4 Å². The van der Waals surface area contributed by atoms with Crippen molar-refractivity contribution in [3.05, 3.63) is 54.0 Å². The zero-order valence-corrected chi connectivity index (χ0v) is 9.76. The summed E-state index contributed by atoms with van der Waals surface area (Å²) in [7, 11) is 1.70. The van der Waals surface area contributed by atoms with Crippen LogP contribution in [0.25, 0.3) is 0 Å². The van der Waals surface area contributed by atoms with Gasteiger partial charge in [0, 0.05) is 26.0 Å². The fourth-order valence-corrected chi connectivity index (χ4v) is 1.60. The molecule has 88 valence electrons. The van der Waals surface area contributed by atoms with Gasteiger partial charge in [-0.25, -0.2) is 4.98 Å². The molecule has 0 bridgehead atoms. The van der Waals surface area contributed by atoms with E-state index < -0.39 is 0 Å². The van der Waals surface area contributed by atoms with Crippen molar-refractivity contribution in [3.63, 3.8) is 0 Å². The first kappa shape index (κ1) is 11.5. The molecule has 0 amide bonds. The van der Waals surface area contributed by atoms with Crippen LogP contribution in [0.5, 0.6) is 0 Å². The van der Waals surface area contributed by atoms with Gasteiger partial charge in [0.1, 0.15) is 5.82 Å². The van der Waals surface area contributed by atoms with E-state index in [1.165, 1.54) is 11.1 Å². The summed E-state index contributed by atoms with van der Waals surface area (Å²) in [6.07, 6.45) is 5.03. The van der Waals surface area contributed by atoms with Crippen LogP contribution >= 0.6 is 0 Å². The minimum Gasteiger partial charge on any atom is -0.380 e. The van der Waals surface area contributed by atoms with Gasteiger partial charge in [-0.3, -0.25) is 4.98 Å². The third-order valence-corrected chi connectivity index (χ3v) is 2.44. The Morgan fingerprint density at radius 2 is 2.00 bits per heavy atom. The zero-order valence-electron chi connectivity index (χ0n) is 9.76. The van der Waals surface area contributed by atoms with Gasteiger partial charge in [0.15, 0.2) is 0 Å². The maximum Gasteiger partial charge on any atom is 0.144 e. The van der Waals surface area contributed by atoms with E-state index in [0.29, 0.717) is 6.61 Å². The Hall–Kier alpha value is -1.94. The molecule has 1 heterocycles. The largest absolute Gasteiger partial charge is 0.380 e. The summed E-state index contributed by atoms with van der Waals surface area (Å²) in [5.74, 6) is 0.778. The average Bonchev–Trinajstić information content (AvgIpc) is 2.39. The predicted molar refractivity (Wildman–Crippen MR) is 66.5 cm³/mol. The van der Waals surface area contributed by atoms with Gasteiger partial charge in [0.25, 0.3) is 0 Å². The number of rotatable bonds is 5. The Morgan fingerprint density at radius 3 is 2.71 bits per heavy atom. The number of ether oxygens (including phenoxy) is 1. The molecule has 1 N–H and O–H groups in total. The molecule has 4 nitrogen and oxygen atoms in total. The van der Waals surface area contributed by atoms with E-state index >= 15 is 0 Å². The van der Waals surface area contributed by atoms with Crippen molar-refractivity contribution in [3.8, 4) is 0 Å². The molecular formula is C13H15N3O. The van der Waals surface area contributed by atoms with E-state index in [1.807, 2.05) is 12.1 Å². The quantitative estimate of drug-likeness (QED) is 0.854. The fourth-order valence-electron chi connectivity index (χ4n) is 1.60. The standard InChI is InChI=1S/C13H15N3O/c1-17-10-12-5-3-2-4-11(12)8-16-13-9-14-6-7-15-13/h2-7,9H,8,10H2,1H3,(H,15,16). The lowest BCUT2D eigenvalue weighted by molar-refractivity contribution is 0.184. The van der Waals surface area contributed by atoms with Crippen LogP contribution in [0.3, 0.4) is 0 Å². The molecule has 0 aliphatic rings. The molecule has 0 aliphatic heterocycles. The van der Waals surface area contributed by atoms with Crippen molar-refractivity contribution in [2.24, 2.45) is 0 Å². The summed E-state index contributed by atoms with van der Waals surface area (Å²) in [5.41, 5.74) is 2.39. The molecule has 0 saturated carbocycles. The normalized spacial score (nSPS) is 10.2. The van der Waals surface area contributed by atoms with Crippen LogP contribution in [0.2, 0.25) is 0 Å². The third-order valence-electron chi connectivity index (χ3n) is 2.44. The number of nitrogens with one attached hydrogen (secondary N) is 1. The van der Waals surface area contributed by atoms with Crippen LogP contribution in [0.15, 0.2) is 42.9 Å². The number of benzene rings is 1. The molecule has 0 atom stereocenters. The van der Waals surface area contributed by atoms with Gasteiger partial charge in [-0.1, -0.05) is 24.3 Å². The molecule has 1 aromatic heterocycles. The highest BCUT2D eigenvalue weighted by Crippen LogP contribution is 2.11. The molecule has 0 fully saturated rings. The highest BCUT2D eigenvalue weighted by atomic mass is 16.5. The second kappa shape index (κ2) is 5.96. The summed E-state index contributed by atoms with van der Waals surface area (Å²) in [4.78, 5) is 8.17. The van der Waals surface area contributed by atoms with Crippen LogP contribution in [0.4, 0.5) is 5.82 Å². The smallest absolute Gasteiger partial charge is 0.144 e. The molecule has 0 radical (unpaired) electrons. The van der Waals surface area contributed by atoms with E-state index in [2.05, 4.69) is 27.4 Å². The monoisotopic (exact) mass is 229 g/mol. The molecular weight excluding hydrogens is 214 g/mol. The first-order valence-corrected chi connectivity index (χ1v) is 5.46. The van der Waals surface area contributed by atoms with Crippen LogP contribution in [-0.2, 0) is 17.9 Å². The van der Waals surface area contributed by atoms with E-state index in [1.54, 1.807) is 25.7 Å². The Labute approximate surface area is 101 Å². The minimum absolute atomic E-state index is 0.623. The molecule has 4 heteroatoms. The van der Waals surface area contributed by atoms with Gasteiger partial charge in [-0.15, -0.1) is 0 Å². The van der Waals surface area contributed by atoms with E-state index in [4.69, 9.17) is 4.74 Å². The van der Waals surface area contributed by atoms with Crippen LogP contribution in [-0.4, -0.2) is 17.1 Å². The van der Waals surface area contributed by atoms with Gasteiger partial charge >= 0.3 is 0 Å². The van der Waals surface area contributed by atoms with E-state index in [0.717, 1.165) is 12.4 Å². The molecule has 2 aromatic rings. The van der Waals surface area contributed by atoms with Crippen LogP contribution in [0.1, 0.15) is 11.1 Å². The second-order valence-electron chi connectivity index (χ2n) is 3.65. The van der Waals surface area contributed by atoms with Crippen LogP contribution < -0.4 is 5.32 Å². The van der Waals surface area contributed by atoms with Crippen molar-refractivity contribution in [1.82, 2.24) is 9.97 Å². The molecule has 0 aliphatic carbocycles. The Bertz CT molecular complexity index is 459. The van der Waals surface area contributed by atoms with Crippen molar-refractivity contribution in [2.45, 2.75) is 13.2 Å². The summed E-state index contributed by atoms with van der Waals surface area (Å²) >= 11 is 0. The minimum atomic E-state index is 0.623. The Balaban J connectivity index is 2.03. The molecule has 2 rings (SSSR count). The van der Waals surface area contributed by atoms with Crippen molar-refractivity contribution >= 4 is 5.82 Å². The molecule has 0 unspecified atom stereocenters. The molecule has 0 saturated heterocycles. The lowest BCUT2D eigenvalue weighted by Crippen LogP contribution is -2.04. The van der Waals surface area contributed by atoms with Gasteiger partial charge in [0.05, 0.1) is 12.8 Å². The first-order chi connectivity index (χ1) is 8.40. The first-order valence-electron chi connectivity index (χ1n) is 5.46. The SMILES string of the molecule is COCc1ccccc1CNc1cnccn1. The number of hydrogen-bond donors (Lipinski definition) is 1. The Morgan fingerprint density at radius 1 is 1.18 bits per heavy atom. The average molecular weight is 229 g/mol. The van der Waals surface area contributed by atoms with Crippen LogP contribution in [0, 0.1) is 0 Å².